The fourth-order valence-electron chi connectivity index (χ4n) is 1.49. The molecule has 0 aromatic carbocycles. The molecule has 0 atom stereocenters. The highest BCUT2D eigenvalue weighted by atomic mass is 19.4. The molecule has 6 heteroatoms. The van der Waals surface area contributed by atoms with E-state index < -0.39 is 12.6 Å². The highest BCUT2D eigenvalue weighted by Gasteiger charge is 2.31. The van der Waals surface area contributed by atoms with Gasteiger partial charge >= 0.3 is 6.18 Å². The van der Waals surface area contributed by atoms with Crippen LogP contribution in [0.1, 0.15) is 30.3 Å². The van der Waals surface area contributed by atoms with Gasteiger partial charge in [0.1, 0.15) is 18.1 Å². The van der Waals surface area contributed by atoms with Crippen molar-refractivity contribution in [3.63, 3.8) is 0 Å². The summed E-state index contributed by atoms with van der Waals surface area (Å²) in [4.78, 5) is 7.76. The Bertz CT molecular complexity index is 385. The number of nitrogens with one attached hydrogen (secondary N) is 1. The van der Waals surface area contributed by atoms with Crippen LogP contribution in [-0.4, -0.2) is 23.2 Å². The average molecular weight is 231 g/mol. The van der Waals surface area contributed by atoms with Crippen molar-refractivity contribution in [2.75, 3.05) is 12.4 Å². The summed E-state index contributed by atoms with van der Waals surface area (Å²) >= 11 is 0. The molecule has 0 aliphatic heterocycles. The van der Waals surface area contributed by atoms with Crippen molar-refractivity contribution in [3.05, 3.63) is 17.6 Å². The minimum absolute atomic E-state index is 0.152. The molecule has 1 aromatic rings. The number of anilines is 1. The Morgan fingerprint density at radius 1 is 1.38 bits per heavy atom. The third-order valence-corrected chi connectivity index (χ3v) is 2.40. The Labute approximate surface area is 91.1 Å². The number of halogens is 3. The quantitative estimate of drug-likeness (QED) is 0.868. The second-order valence-corrected chi connectivity index (χ2v) is 3.91. The summed E-state index contributed by atoms with van der Waals surface area (Å²) in [7, 11) is 1.64. The molecule has 1 aliphatic carbocycles. The lowest BCUT2D eigenvalue weighted by molar-refractivity contribution is -0.128. The number of aromatic nitrogens is 2. The van der Waals surface area contributed by atoms with E-state index in [1.165, 1.54) is 0 Å². The van der Waals surface area contributed by atoms with Gasteiger partial charge in [0.15, 0.2) is 0 Å². The summed E-state index contributed by atoms with van der Waals surface area (Å²) in [6.45, 7) is 0. The van der Waals surface area contributed by atoms with Crippen molar-refractivity contribution in [1.29, 1.82) is 0 Å². The molecule has 0 spiro atoms. The summed E-state index contributed by atoms with van der Waals surface area (Å²) < 4.78 is 36.7. The zero-order valence-electron chi connectivity index (χ0n) is 8.80. The third kappa shape index (κ3) is 2.84. The lowest BCUT2D eigenvalue weighted by atomic mass is 10.2. The molecule has 1 aromatic heterocycles. The molecule has 16 heavy (non-hydrogen) atoms. The van der Waals surface area contributed by atoms with Crippen LogP contribution in [-0.2, 0) is 6.42 Å². The second kappa shape index (κ2) is 3.92. The molecule has 3 nitrogen and oxygen atoms in total. The maximum Gasteiger partial charge on any atom is 0.396 e. The fraction of sp³-hybridized carbons (Fsp3) is 0.600. The van der Waals surface area contributed by atoms with Crippen molar-refractivity contribution in [1.82, 2.24) is 9.97 Å². The van der Waals surface area contributed by atoms with E-state index >= 15 is 0 Å². The zero-order chi connectivity index (χ0) is 11.8. The summed E-state index contributed by atoms with van der Waals surface area (Å²) in [5.74, 6) is 0.625. The first-order valence-electron chi connectivity index (χ1n) is 5.10. The molecule has 0 radical (unpaired) electrons. The third-order valence-electron chi connectivity index (χ3n) is 2.40. The van der Waals surface area contributed by atoms with Crippen LogP contribution in [0.4, 0.5) is 19.0 Å². The smallest absolute Gasteiger partial charge is 0.373 e. The van der Waals surface area contributed by atoms with Gasteiger partial charge in [-0.25, -0.2) is 9.97 Å². The highest BCUT2D eigenvalue weighted by molar-refractivity contribution is 5.37. The summed E-state index contributed by atoms with van der Waals surface area (Å²) in [6.07, 6.45) is -3.31. The molecule has 0 bridgehead atoms. The van der Waals surface area contributed by atoms with E-state index in [4.69, 9.17) is 0 Å². The SMILES string of the molecule is CNc1cc(C2CC2)nc(CC(F)(F)F)n1. The lowest BCUT2D eigenvalue weighted by Gasteiger charge is -2.09. The van der Waals surface area contributed by atoms with Gasteiger partial charge in [-0.3, -0.25) is 0 Å². The maximum absolute atomic E-state index is 12.2. The number of hydrogen-bond acceptors (Lipinski definition) is 3. The zero-order valence-corrected chi connectivity index (χ0v) is 8.80. The van der Waals surface area contributed by atoms with E-state index in [2.05, 4.69) is 15.3 Å². The summed E-state index contributed by atoms with van der Waals surface area (Å²) in [5, 5.41) is 2.76. The van der Waals surface area contributed by atoms with Crippen LogP contribution in [0.25, 0.3) is 0 Å². The molecular formula is C10H12F3N3. The van der Waals surface area contributed by atoms with Crippen molar-refractivity contribution in [3.8, 4) is 0 Å². The number of rotatable bonds is 3. The predicted molar refractivity (Wildman–Crippen MR) is 53.3 cm³/mol. The molecule has 1 fully saturated rings. The predicted octanol–water partition coefficient (Wildman–Crippen LogP) is 2.50. The molecule has 88 valence electrons. The molecule has 1 heterocycles. The Morgan fingerprint density at radius 3 is 2.56 bits per heavy atom. The molecule has 0 amide bonds. The van der Waals surface area contributed by atoms with Crippen LogP contribution in [0.3, 0.4) is 0 Å². The van der Waals surface area contributed by atoms with Crippen LogP contribution in [0, 0.1) is 0 Å². The van der Waals surface area contributed by atoms with E-state index in [1.54, 1.807) is 13.1 Å². The molecule has 2 rings (SSSR count). The van der Waals surface area contributed by atoms with E-state index in [-0.39, 0.29) is 5.82 Å². The molecule has 0 saturated heterocycles. The van der Waals surface area contributed by atoms with Gasteiger partial charge < -0.3 is 5.32 Å². The van der Waals surface area contributed by atoms with E-state index in [1.807, 2.05) is 0 Å². The van der Waals surface area contributed by atoms with E-state index in [0.29, 0.717) is 11.7 Å². The second-order valence-electron chi connectivity index (χ2n) is 3.91. The lowest BCUT2D eigenvalue weighted by Crippen LogP contribution is -2.15. The van der Waals surface area contributed by atoms with Gasteiger partial charge in [0.25, 0.3) is 0 Å². The van der Waals surface area contributed by atoms with Gasteiger partial charge in [0.2, 0.25) is 0 Å². The van der Waals surface area contributed by atoms with Gasteiger partial charge in [-0.05, 0) is 12.8 Å². The van der Waals surface area contributed by atoms with Crippen LogP contribution in [0.15, 0.2) is 6.07 Å². The Balaban J connectivity index is 2.25. The van der Waals surface area contributed by atoms with Gasteiger partial charge in [0, 0.05) is 24.7 Å². The van der Waals surface area contributed by atoms with Gasteiger partial charge in [-0.1, -0.05) is 0 Å². The topological polar surface area (TPSA) is 37.8 Å². The van der Waals surface area contributed by atoms with E-state index in [9.17, 15) is 13.2 Å². The normalized spacial score (nSPS) is 16.2. The van der Waals surface area contributed by atoms with Gasteiger partial charge in [-0.15, -0.1) is 0 Å². The summed E-state index contributed by atoms with van der Waals surface area (Å²) in [5.41, 5.74) is 0.721. The first-order chi connectivity index (χ1) is 7.48. The Kier molecular flexibility index (Phi) is 2.73. The van der Waals surface area contributed by atoms with Crippen LogP contribution >= 0.6 is 0 Å². The van der Waals surface area contributed by atoms with Crippen molar-refractivity contribution < 1.29 is 13.2 Å². The minimum atomic E-state index is -4.26. The first kappa shape index (κ1) is 11.2. The summed E-state index contributed by atoms with van der Waals surface area (Å²) in [6, 6.07) is 1.72. The molecule has 1 aliphatic rings. The fourth-order valence-corrected chi connectivity index (χ4v) is 1.49. The van der Waals surface area contributed by atoms with Gasteiger partial charge in [0.05, 0.1) is 0 Å². The Morgan fingerprint density at radius 2 is 2.06 bits per heavy atom. The molecular weight excluding hydrogens is 219 g/mol. The van der Waals surface area contributed by atoms with Crippen molar-refractivity contribution in [2.45, 2.75) is 31.4 Å². The van der Waals surface area contributed by atoms with E-state index in [0.717, 1.165) is 18.5 Å². The molecule has 1 N–H and O–H groups in total. The highest BCUT2D eigenvalue weighted by Crippen LogP contribution is 2.39. The largest absolute Gasteiger partial charge is 0.396 e. The molecule has 1 saturated carbocycles. The monoisotopic (exact) mass is 231 g/mol. The number of alkyl halides is 3. The van der Waals surface area contributed by atoms with Crippen LogP contribution in [0.2, 0.25) is 0 Å². The minimum Gasteiger partial charge on any atom is -0.373 e. The Hall–Kier alpha value is -1.33. The number of hydrogen-bond donors (Lipinski definition) is 1. The first-order valence-corrected chi connectivity index (χ1v) is 5.10. The van der Waals surface area contributed by atoms with Crippen LogP contribution < -0.4 is 5.32 Å². The average Bonchev–Trinajstić information content (AvgIpc) is 2.97. The van der Waals surface area contributed by atoms with Gasteiger partial charge in [-0.2, -0.15) is 13.2 Å². The standard InChI is InChI=1S/C10H12F3N3/c1-14-8-4-7(6-2-3-6)15-9(16-8)5-10(11,12)13/h4,6H,2-3,5H2,1H3,(H,14,15,16). The maximum atomic E-state index is 12.2. The number of nitrogens with zero attached hydrogens (tertiary/aromatic N) is 2. The van der Waals surface area contributed by atoms with Crippen LogP contribution in [0.5, 0.6) is 0 Å². The van der Waals surface area contributed by atoms with Crippen molar-refractivity contribution in [2.24, 2.45) is 0 Å². The molecule has 0 unspecified atom stereocenters. The van der Waals surface area contributed by atoms with Crippen molar-refractivity contribution >= 4 is 5.82 Å².